The third kappa shape index (κ3) is 6.42. The Labute approximate surface area is 208 Å². The molecule has 32 heavy (non-hydrogen) atoms. The van der Waals surface area contributed by atoms with Gasteiger partial charge in [-0.15, -0.1) is 24.0 Å². The van der Waals surface area contributed by atoms with Crippen LogP contribution in [0.25, 0.3) is 10.8 Å². The summed E-state index contributed by atoms with van der Waals surface area (Å²) < 4.78 is 0. The SMILES string of the molecule is CCNC(=NCc1nccc2ccccc12)NC1CCN(Cc2ccccc2)C(C)C1.I. The van der Waals surface area contributed by atoms with Crippen LogP contribution in [0.3, 0.4) is 0 Å². The lowest BCUT2D eigenvalue weighted by Crippen LogP contribution is -2.51. The van der Waals surface area contributed by atoms with Gasteiger partial charge in [0.2, 0.25) is 0 Å². The van der Waals surface area contributed by atoms with Gasteiger partial charge < -0.3 is 10.6 Å². The summed E-state index contributed by atoms with van der Waals surface area (Å²) in [5.41, 5.74) is 2.40. The van der Waals surface area contributed by atoms with Gasteiger partial charge in [0.25, 0.3) is 0 Å². The van der Waals surface area contributed by atoms with Crippen LogP contribution in [0, 0.1) is 0 Å². The smallest absolute Gasteiger partial charge is 0.191 e. The Balaban J connectivity index is 0.00000289. The van der Waals surface area contributed by atoms with Crippen molar-refractivity contribution < 1.29 is 0 Å². The molecular weight excluding hydrogens is 509 g/mol. The van der Waals surface area contributed by atoms with E-state index in [1.807, 2.05) is 6.20 Å². The van der Waals surface area contributed by atoms with Gasteiger partial charge in [-0.25, -0.2) is 4.99 Å². The maximum atomic E-state index is 4.86. The summed E-state index contributed by atoms with van der Waals surface area (Å²) in [5.74, 6) is 0.881. The minimum atomic E-state index is 0. The molecule has 0 radical (unpaired) electrons. The highest BCUT2D eigenvalue weighted by Gasteiger charge is 2.26. The van der Waals surface area contributed by atoms with E-state index in [-0.39, 0.29) is 24.0 Å². The fourth-order valence-electron chi connectivity index (χ4n) is 4.38. The number of likely N-dealkylation sites (tertiary alicyclic amines) is 1. The van der Waals surface area contributed by atoms with Gasteiger partial charge in [-0.3, -0.25) is 9.88 Å². The van der Waals surface area contributed by atoms with E-state index in [0.717, 1.165) is 44.1 Å². The second-order valence-electron chi connectivity index (χ2n) is 8.34. The summed E-state index contributed by atoms with van der Waals surface area (Å²) in [6.07, 6.45) is 4.11. The van der Waals surface area contributed by atoms with Crippen LogP contribution in [-0.4, -0.2) is 41.0 Å². The lowest BCUT2D eigenvalue weighted by Gasteiger charge is -2.38. The molecule has 0 spiro atoms. The first-order valence-corrected chi connectivity index (χ1v) is 11.4. The monoisotopic (exact) mass is 543 g/mol. The van der Waals surface area contributed by atoms with Crippen LogP contribution in [0.5, 0.6) is 0 Å². The molecule has 0 aliphatic carbocycles. The number of benzene rings is 2. The van der Waals surface area contributed by atoms with Crippen LogP contribution >= 0.6 is 24.0 Å². The molecule has 1 aliphatic heterocycles. The molecule has 6 heteroatoms. The van der Waals surface area contributed by atoms with E-state index < -0.39 is 0 Å². The molecule has 2 aromatic carbocycles. The molecule has 2 heterocycles. The summed E-state index contributed by atoms with van der Waals surface area (Å²) in [4.78, 5) is 12.0. The normalized spacial score (nSPS) is 19.4. The Bertz CT molecular complexity index is 1000. The van der Waals surface area contributed by atoms with Crippen LogP contribution < -0.4 is 10.6 Å². The lowest BCUT2D eigenvalue weighted by atomic mass is 9.97. The summed E-state index contributed by atoms with van der Waals surface area (Å²) >= 11 is 0. The number of halogens is 1. The number of rotatable bonds is 6. The van der Waals surface area contributed by atoms with Gasteiger partial charge in [0, 0.05) is 43.3 Å². The van der Waals surface area contributed by atoms with Crippen molar-refractivity contribution in [1.29, 1.82) is 0 Å². The molecule has 1 aliphatic rings. The quantitative estimate of drug-likeness (QED) is 0.262. The first-order chi connectivity index (χ1) is 15.2. The van der Waals surface area contributed by atoms with Crippen LogP contribution in [0.15, 0.2) is 71.9 Å². The summed E-state index contributed by atoms with van der Waals surface area (Å²) in [7, 11) is 0. The Morgan fingerprint density at radius 3 is 2.66 bits per heavy atom. The second-order valence-corrected chi connectivity index (χ2v) is 8.34. The topological polar surface area (TPSA) is 52.6 Å². The number of aliphatic imine (C=N–C) groups is 1. The third-order valence-electron chi connectivity index (χ3n) is 6.07. The maximum Gasteiger partial charge on any atom is 0.191 e. The standard InChI is InChI=1S/C26H33N5.HI/c1-3-27-26(29-18-25-24-12-8-7-11-22(24)13-15-28-25)30-23-14-16-31(20(2)17-23)19-21-9-5-4-6-10-21;/h4-13,15,20,23H,3,14,16-19H2,1-2H3,(H2,27,29,30);1H. The van der Waals surface area contributed by atoms with Gasteiger partial charge >= 0.3 is 0 Å². The number of hydrogen-bond acceptors (Lipinski definition) is 3. The fraction of sp³-hybridized carbons (Fsp3) is 0.385. The molecule has 2 unspecified atom stereocenters. The van der Waals surface area contributed by atoms with E-state index in [1.54, 1.807) is 0 Å². The highest BCUT2D eigenvalue weighted by molar-refractivity contribution is 14.0. The van der Waals surface area contributed by atoms with Gasteiger partial charge in [0.1, 0.15) is 0 Å². The zero-order chi connectivity index (χ0) is 21.5. The van der Waals surface area contributed by atoms with E-state index in [4.69, 9.17) is 4.99 Å². The minimum Gasteiger partial charge on any atom is -0.357 e. The van der Waals surface area contributed by atoms with Gasteiger partial charge in [0.15, 0.2) is 5.96 Å². The summed E-state index contributed by atoms with van der Waals surface area (Å²) in [5, 5.41) is 9.47. The van der Waals surface area contributed by atoms with E-state index in [1.165, 1.54) is 16.3 Å². The predicted octanol–water partition coefficient (Wildman–Crippen LogP) is 4.96. The van der Waals surface area contributed by atoms with Crippen molar-refractivity contribution in [2.45, 2.75) is 51.9 Å². The van der Waals surface area contributed by atoms with Gasteiger partial charge in [-0.05, 0) is 43.7 Å². The fourth-order valence-corrected chi connectivity index (χ4v) is 4.38. The highest BCUT2D eigenvalue weighted by Crippen LogP contribution is 2.20. The Hall–Kier alpha value is -2.19. The van der Waals surface area contributed by atoms with Crippen molar-refractivity contribution in [3.8, 4) is 0 Å². The molecule has 2 atom stereocenters. The predicted molar refractivity (Wildman–Crippen MR) is 144 cm³/mol. The van der Waals surface area contributed by atoms with Crippen LogP contribution in [0.1, 0.15) is 37.9 Å². The molecule has 5 nitrogen and oxygen atoms in total. The molecular formula is C26H34IN5. The van der Waals surface area contributed by atoms with Crippen LogP contribution in [0.2, 0.25) is 0 Å². The zero-order valence-electron chi connectivity index (χ0n) is 19.0. The summed E-state index contributed by atoms with van der Waals surface area (Å²) in [6.45, 7) is 7.98. The van der Waals surface area contributed by atoms with Crippen molar-refractivity contribution >= 4 is 40.7 Å². The van der Waals surface area contributed by atoms with E-state index in [0.29, 0.717) is 18.6 Å². The van der Waals surface area contributed by atoms with Gasteiger partial charge in [0.05, 0.1) is 12.2 Å². The molecule has 170 valence electrons. The summed E-state index contributed by atoms with van der Waals surface area (Å²) in [6, 6.07) is 22.1. The first-order valence-electron chi connectivity index (χ1n) is 11.4. The average Bonchev–Trinajstić information content (AvgIpc) is 2.80. The van der Waals surface area contributed by atoms with E-state index in [2.05, 4.69) is 95.0 Å². The van der Waals surface area contributed by atoms with Crippen molar-refractivity contribution in [2.24, 2.45) is 4.99 Å². The average molecular weight is 543 g/mol. The molecule has 0 saturated carbocycles. The Morgan fingerprint density at radius 2 is 1.88 bits per heavy atom. The van der Waals surface area contributed by atoms with Crippen molar-refractivity contribution in [3.63, 3.8) is 0 Å². The third-order valence-corrected chi connectivity index (χ3v) is 6.07. The number of aromatic nitrogens is 1. The number of nitrogens with one attached hydrogen (secondary N) is 2. The van der Waals surface area contributed by atoms with Crippen molar-refractivity contribution in [2.75, 3.05) is 13.1 Å². The molecule has 0 bridgehead atoms. The number of hydrogen-bond donors (Lipinski definition) is 2. The van der Waals surface area contributed by atoms with E-state index >= 15 is 0 Å². The van der Waals surface area contributed by atoms with Gasteiger partial charge in [-0.1, -0.05) is 54.6 Å². The molecule has 2 N–H and O–H groups in total. The molecule has 1 aromatic heterocycles. The largest absolute Gasteiger partial charge is 0.357 e. The van der Waals surface area contributed by atoms with Crippen LogP contribution in [0.4, 0.5) is 0 Å². The zero-order valence-corrected chi connectivity index (χ0v) is 21.3. The van der Waals surface area contributed by atoms with Crippen molar-refractivity contribution in [3.05, 3.63) is 78.1 Å². The highest BCUT2D eigenvalue weighted by atomic mass is 127. The minimum absolute atomic E-state index is 0. The first kappa shape index (κ1) is 24.5. The maximum absolute atomic E-state index is 4.86. The number of guanidine groups is 1. The lowest BCUT2D eigenvalue weighted by molar-refractivity contribution is 0.134. The molecule has 3 aromatic rings. The Morgan fingerprint density at radius 1 is 1.09 bits per heavy atom. The number of fused-ring (bicyclic) bond motifs is 1. The van der Waals surface area contributed by atoms with Crippen LogP contribution in [-0.2, 0) is 13.1 Å². The number of nitrogens with zero attached hydrogens (tertiary/aromatic N) is 3. The van der Waals surface area contributed by atoms with Crippen molar-refractivity contribution in [1.82, 2.24) is 20.5 Å². The molecule has 1 saturated heterocycles. The molecule has 0 amide bonds. The van der Waals surface area contributed by atoms with Gasteiger partial charge in [-0.2, -0.15) is 0 Å². The number of pyridine rings is 1. The molecule has 4 rings (SSSR count). The number of piperidine rings is 1. The second kappa shape index (κ2) is 12.2. The van der Waals surface area contributed by atoms with E-state index in [9.17, 15) is 0 Å². The molecule has 1 fully saturated rings. The Kier molecular flexibility index (Phi) is 9.29.